The first-order valence-electron chi connectivity index (χ1n) is 9.27. The van der Waals surface area contributed by atoms with Crippen LogP contribution in [-0.4, -0.2) is 50.3 Å². The summed E-state index contributed by atoms with van der Waals surface area (Å²) in [5.41, 5.74) is 6.91. The minimum atomic E-state index is -0.530. The van der Waals surface area contributed by atoms with E-state index >= 15 is 0 Å². The van der Waals surface area contributed by atoms with E-state index in [9.17, 15) is 9.59 Å². The van der Waals surface area contributed by atoms with Gasteiger partial charge in [0.1, 0.15) is 11.4 Å². The second kappa shape index (κ2) is 9.57. The van der Waals surface area contributed by atoms with E-state index in [1.165, 1.54) is 11.3 Å². The highest BCUT2D eigenvalue weighted by molar-refractivity contribution is 7.13. The number of methoxy groups -OCH3 is 1. The highest BCUT2D eigenvalue weighted by Crippen LogP contribution is 2.26. The minimum absolute atomic E-state index is 0.255. The van der Waals surface area contributed by atoms with Crippen LogP contribution in [0.4, 0.5) is 9.93 Å². The molecule has 2 heterocycles. The third-order valence-electron chi connectivity index (χ3n) is 4.50. The first-order valence-corrected chi connectivity index (χ1v) is 10.2. The fourth-order valence-corrected chi connectivity index (χ4v) is 3.81. The Balaban J connectivity index is 1.52. The SMILES string of the molecule is COc1ccc(C)cc1[C@@H](C)NC(=O)NNC(=O)c1csc(N2CCOCC2)n1. The summed E-state index contributed by atoms with van der Waals surface area (Å²) in [4.78, 5) is 30.9. The number of amides is 3. The lowest BCUT2D eigenvalue weighted by Gasteiger charge is -2.25. The highest BCUT2D eigenvalue weighted by atomic mass is 32.1. The Labute approximate surface area is 173 Å². The highest BCUT2D eigenvalue weighted by Gasteiger charge is 2.19. The zero-order valence-electron chi connectivity index (χ0n) is 16.7. The van der Waals surface area contributed by atoms with Gasteiger partial charge in [0.2, 0.25) is 0 Å². The number of carbonyl (C=O) groups excluding carboxylic acids is 2. The number of nitrogens with one attached hydrogen (secondary N) is 3. The lowest BCUT2D eigenvalue weighted by atomic mass is 10.0. The van der Waals surface area contributed by atoms with Crippen LogP contribution in [0.25, 0.3) is 0 Å². The van der Waals surface area contributed by atoms with Crippen LogP contribution < -0.4 is 25.8 Å². The van der Waals surface area contributed by atoms with Gasteiger partial charge in [0.05, 0.1) is 26.4 Å². The Hall–Kier alpha value is -2.85. The summed E-state index contributed by atoms with van der Waals surface area (Å²) >= 11 is 1.39. The van der Waals surface area contributed by atoms with E-state index in [1.807, 2.05) is 32.0 Å². The van der Waals surface area contributed by atoms with E-state index in [4.69, 9.17) is 9.47 Å². The number of aryl methyl sites for hydroxylation is 1. The number of ether oxygens (including phenoxy) is 2. The zero-order valence-corrected chi connectivity index (χ0v) is 17.5. The van der Waals surface area contributed by atoms with Crippen molar-refractivity contribution in [2.75, 3.05) is 38.3 Å². The van der Waals surface area contributed by atoms with Crippen molar-refractivity contribution in [3.05, 3.63) is 40.4 Å². The van der Waals surface area contributed by atoms with Crippen LogP contribution in [0.2, 0.25) is 0 Å². The third-order valence-corrected chi connectivity index (χ3v) is 5.40. The molecule has 9 nitrogen and oxygen atoms in total. The van der Waals surface area contributed by atoms with Crippen molar-refractivity contribution in [2.45, 2.75) is 19.9 Å². The number of thiazole rings is 1. The summed E-state index contributed by atoms with van der Waals surface area (Å²) < 4.78 is 10.7. The van der Waals surface area contributed by atoms with E-state index in [1.54, 1.807) is 12.5 Å². The predicted molar refractivity (Wildman–Crippen MR) is 110 cm³/mol. The largest absolute Gasteiger partial charge is 0.496 e. The van der Waals surface area contributed by atoms with Gasteiger partial charge in [-0.1, -0.05) is 17.7 Å². The summed E-state index contributed by atoms with van der Waals surface area (Å²) in [6.07, 6.45) is 0. The Morgan fingerprint density at radius 3 is 2.76 bits per heavy atom. The number of hydrogen-bond donors (Lipinski definition) is 3. The quantitative estimate of drug-likeness (QED) is 0.641. The zero-order chi connectivity index (χ0) is 20.8. The molecule has 3 N–H and O–H groups in total. The van der Waals surface area contributed by atoms with Gasteiger partial charge in [-0.05, 0) is 19.9 Å². The fraction of sp³-hybridized carbons (Fsp3) is 0.421. The van der Waals surface area contributed by atoms with Crippen molar-refractivity contribution in [3.63, 3.8) is 0 Å². The maximum atomic E-state index is 12.3. The van der Waals surface area contributed by atoms with Crippen LogP contribution in [0.1, 0.15) is 34.6 Å². The molecule has 10 heteroatoms. The summed E-state index contributed by atoms with van der Waals surface area (Å²) in [5, 5.41) is 5.21. The molecular formula is C19H25N5O4S. The van der Waals surface area contributed by atoms with Crippen LogP contribution in [0, 0.1) is 6.92 Å². The summed E-state index contributed by atoms with van der Waals surface area (Å²) in [5.74, 6) is 0.210. The molecule has 1 aromatic carbocycles. The average molecular weight is 420 g/mol. The van der Waals surface area contributed by atoms with Crippen molar-refractivity contribution >= 4 is 28.4 Å². The topological polar surface area (TPSA) is 105 Å². The normalized spacial score (nSPS) is 14.8. The number of anilines is 1. The molecule has 1 aliphatic rings. The Morgan fingerprint density at radius 1 is 1.28 bits per heavy atom. The molecule has 1 saturated heterocycles. The van der Waals surface area contributed by atoms with Gasteiger partial charge in [-0.2, -0.15) is 0 Å². The first kappa shape index (κ1) is 20.9. The summed E-state index contributed by atoms with van der Waals surface area (Å²) in [6.45, 7) is 6.59. The smallest absolute Gasteiger partial charge is 0.333 e. The van der Waals surface area contributed by atoms with Gasteiger partial charge in [0, 0.05) is 24.0 Å². The van der Waals surface area contributed by atoms with Gasteiger partial charge < -0.3 is 19.7 Å². The molecule has 156 valence electrons. The maximum Gasteiger partial charge on any atom is 0.333 e. The summed E-state index contributed by atoms with van der Waals surface area (Å²) in [7, 11) is 1.58. The predicted octanol–water partition coefficient (Wildman–Crippen LogP) is 2.00. The van der Waals surface area contributed by atoms with Crippen LogP contribution in [0.15, 0.2) is 23.6 Å². The van der Waals surface area contributed by atoms with Crippen molar-refractivity contribution in [3.8, 4) is 5.75 Å². The van der Waals surface area contributed by atoms with Gasteiger partial charge in [0.15, 0.2) is 5.13 Å². The van der Waals surface area contributed by atoms with Crippen LogP contribution >= 0.6 is 11.3 Å². The molecule has 29 heavy (non-hydrogen) atoms. The molecule has 0 saturated carbocycles. The minimum Gasteiger partial charge on any atom is -0.496 e. The average Bonchev–Trinajstić information content (AvgIpc) is 3.23. The van der Waals surface area contributed by atoms with E-state index in [-0.39, 0.29) is 11.7 Å². The van der Waals surface area contributed by atoms with Gasteiger partial charge in [-0.15, -0.1) is 11.3 Å². The number of aromatic nitrogens is 1. The second-order valence-corrected chi connectivity index (χ2v) is 7.47. The van der Waals surface area contributed by atoms with E-state index in [2.05, 4.69) is 26.1 Å². The van der Waals surface area contributed by atoms with Crippen LogP contribution in [0.3, 0.4) is 0 Å². The molecule has 2 aromatic rings. The standard InChI is InChI=1S/C19H25N5O4S/c1-12-4-5-16(27-3)14(10-12)13(2)20-18(26)23-22-17(25)15-11-29-19(21-15)24-6-8-28-9-7-24/h4-5,10-11,13H,6-9H2,1-3H3,(H,22,25)(H2,20,23,26)/t13-/m1/s1. The van der Waals surface area contributed by atoms with Crippen molar-refractivity contribution in [2.24, 2.45) is 0 Å². The first-order chi connectivity index (χ1) is 14.0. The van der Waals surface area contributed by atoms with Crippen LogP contribution in [-0.2, 0) is 4.74 Å². The molecule has 1 atom stereocenters. The molecule has 1 fully saturated rings. The maximum absolute atomic E-state index is 12.3. The number of morpholine rings is 1. The van der Waals surface area contributed by atoms with E-state index in [0.29, 0.717) is 19.0 Å². The molecule has 0 aliphatic carbocycles. The number of rotatable bonds is 5. The van der Waals surface area contributed by atoms with Gasteiger partial charge in [-0.3, -0.25) is 10.2 Å². The monoisotopic (exact) mass is 419 g/mol. The molecule has 0 spiro atoms. The molecular weight excluding hydrogens is 394 g/mol. The molecule has 0 radical (unpaired) electrons. The number of hydrogen-bond acceptors (Lipinski definition) is 7. The number of benzene rings is 1. The number of hydrazine groups is 1. The molecule has 0 bridgehead atoms. The van der Waals surface area contributed by atoms with E-state index < -0.39 is 11.9 Å². The second-order valence-electron chi connectivity index (χ2n) is 6.63. The lowest BCUT2D eigenvalue weighted by molar-refractivity contribution is 0.0931. The Bertz CT molecular complexity index is 866. The van der Waals surface area contributed by atoms with Gasteiger partial charge >= 0.3 is 6.03 Å². The van der Waals surface area contributed by atoms with Crippen molar-refractivity contribution in [1.82, 2.24) is 21.2 Å². The molecule has 3 amide bonds. The number of carbonyl (C=O) groups is 2. The Morgan fingerprint density at radius 2 is 2.03 bits per heavy atom. The lowest BCUT2D eigenvalue weighted by Crippen LogP contribution is -2.47. The molecule has 0 unspecified atom stereocenters. The fourth-order valence-electron chi connectivity index (χ4n) is 2.95. The molecule has 1 aromatic heterocycles. The Kier molecular flexibility index (Phi) is 6.89. The van der Waals surface area contributed by atoms with Crippen molar-refractivity contribution < 1.29 is 19.1 Å². The van der Waals surface area contributed by atoms with Gasteiger partial charge in [0.25, 0.3) is 5.91 Å². The molecule has 3 rings (SSSR count). The third kappa shape index (κ3) is 5.36. The van der Waals surface area contributed by atoms with Crippen LogP contribution in [0.5, 0.6) is 5.75 Å². The number of nitrogens with zero attached hydrogens (tertiary/aromatic N) is 2. The molecule has 1 aliphatic heterocycles. The number of urea groups is 1. The van der Waals surface area contributed by atoms with E-state index in [0.717, 1.165) is 29.3 Å². The summed E-state index contributed by atoms with van der Waals surface area (Å²) in [6, 6.07) is 4.91. The van der Waals surface area contributed by atoms with Gasteiger partial charge in [-0.25, -0.2) is 15.2 Å². The van der Waals surface area contributed by atoms with Crippen molar-refractivity contribution in [1.29, 1.82) is 0 Å².